The van der Waals surface area contributed by atoms with Crippen molar-refractivity contribution in [2.24, 2.45) is 11.7 Å². The first-order valence-electron chi connectivity index (χ1n) is 7.89. The number of likely N-dealkylation sites (N-methyl/N-ethyl adjacent to an activating group) is 1. The lowest BCUT2D eigenvalue weighted by Crippen LogP contribution is -2.53. The van der Waals surface area contributed by atoms with Crippen LogP contribution in [0.25, 0.3) is 0 Å². The first-order chi connectivity index (χ1) is 8.77. The monoisotopic (exact) mass is 268 g/mol. The summed E-state index contributed by atoms with van der Waals surface area (Å²) in [7, 11) is 2.29. The topological polar surface area (TPSA) is 38.5 Å². The van der Waals surface area contributed by atoms with Crippen LogP contribution in [0.1, 0.15) is 59.8 Å². The molecule has 0 amide bonds. The van der Waals surface area contributed by atoms with E-state index in [1.165, 1.54) is 25.7 Å². The van der Waals surface area contributed by atoms with Gasteiger partial charge in [-0.1, -0.05) is 12.8 Å². The zero-order chi connectivity index (χ0) is 14.3. The molecular formula is C16H32N2O. The van der Waals surface area contributed by atoms with Gasteiger partial charge in [-0.2, -0.15) is 0 Å². The van der Waals surface area contributed by atoms with Crippen molar-refractivity contribution in [2.45, 2.75) is 83.1 Å². The first kappa shape index (κ1) is 15.3. The van der Waals surface area contributed by atoms with E-state index in [-0.39, 0.29) is 11.2 Å². The minimum absolute atomic E-state index is 0.00466. The molecular weight excluding hydrogens is 236 g/mol. The van der Waals surface area contributed by atoms with Gasteiger partial charge >= 0.3 is 0 Å². The lowest BCUT2D eigenvalue weighted by atomic mass is 9.81. The zero-order valence-electron chi connectivity index (χ0n) is 13.4. The maximum atomic E-state index is 6.26. The van der Waals surface area contributed by atoms with Crippen molar-refractivity contribution in [2.75, 3.05) is 13.6 Å². The van der Waals surface area contributed by atoms with Gasteiger partial charge in [0.25, 0.3) is 0 Å². The van der Waals surface area contributed by atoms with Crippen molar-refractivity contribution in [3.63, 3.8) is 0 Å². The predicted octanol–water partition coefficient (Wildman–Crippen LogP) is 2.78. The smallest absolute Gasteiger partial charge is 0.0789 e. The van der Waals surface area contributed by atoms with Gasteiger partial charge in [0, 0.05) is 12.1 Å². The summed E-state index contributed by atoms with van der Waals surface area (Å²) >= 11 is 0. The average molecular weight is 268 g/mol. The molecule has 2 rings (SSSR count). The summed E-state index contributed by atoms with van der Waals surface area (Å²) in [5.41, 5.74) is 5.93. The number of rotatable bonds is 3. The average Bonchev–Trinajstić information content (AvgIpc) is 2.56. The highest BCUT2D eigenvalue weighted by molar-refractivity contribution is 5.01. The molecule has 0 bridgehead atoms. The van der Waals surface area contributed by atoms with Gasteiger partial charge in [-0.25, -0.2) is 0 Å². The molecule has 3 heteroatoms. The number of hydrogen-bond acceptors (Lipinski definition) is 3. The van der Waals surface area contributed by atoms with Crippen LogP contribution < -0.4 is 5.73 Å². The molecule has 0 aromatic heterocycles. The molecule has 1 aliphatic carbocycles. The molecule has 2 N–H and O–H groups in total. The van der Waals surface area contributed by atoms with Crippen LogP contribution in [-0.4, -0.2) is 41.8 Å². The Morgan fingerprint density at radius 3 is 2.32 bits per heavy atom. The van der Waals surface area contributed by atoms with Gasteiger partial charge in [0.05, 0.1) is 11.2 Å². The predicted molar refractivity (Wildman–Crippen MR) is 80.2 cm³/mol. The fourth-order valence-corrected chi connectivity index (χ4v) is 4.40. The Morgan fingerprint density at radius 1 is 1.16 bits per heavy atom. The Kier molecular flexibility index (Phi) is 4.29. The van der Waals surface area contributed by atoms with Crippen LogP contribution in [0.4, 0.5) is 0 Å². The summed E-state index contributed by atoms with van der Waals surface area (Å²) in [6, 6.07) is 1.14. The second-order valence-corrected chi connectivity index (χ2v) is 7.70. The van der Waals surface area contributed by atoms with Crippen molar-refractivity contribution in [1.82, 2.24) is 4.90 Å². The summed E-state index contributed by atoms with van der Waals surface area (Å²) in [4.78, 5) is 2.59. The number of nitrogens with zero attached hydrogens (tertiary/aromatic N) is 1. The van der Waals surface area contributed by atoms with Crippen molar-refractivity contribution in [3.05, 3.63) is 0 Å². The molecule has 1 saturated heterocycles. The number of ether oxygens (including phenoxy) is 1. The quantitative estimate of drug-likeness (QED) is 0.855. The van der Waals surface area contributed by atoms with E-state index in [0.717, 1.165) is 13.0 Å². The molecule has 0 spiro atoms. The lowest BCUT2D eigenvalue weighted by Gasteiger charge is -2.43. The van der Waals surface area contributed by atoms with E-state index in [0.29, 0.717) is 18.0 Å². The fourth-order valence-electron chi connectivity index (χ4n) is 4.40. The summed E-state index contributed by atoms with van der Waals surface area (Å²) in [6.45, 7) is 9.73. The molecule has 2 fully saturated rings. The van der Waals surface area contributed by atoms with Crippen LogP contribution in [0.2, 0.25) is 0 Å². The van der Waals surface area contributed by atoms with Crippen molar-refractivity contribution in [3.8, 4) is 0 Å². The highest BCUT2D eigenvalue weighted by atomic mass is 16.5. The van der Waals surface area contributed by atoms with Gasteiger partial charge in [-0.3, -0.25) is 4.90 Å². The van der Waals surface area contributed by atoms with E-state index in [1.54, 1.807) is 0 Å². The molecule has 0 aromatic rings. The number of nitrogens with two attached hydrogens (primary N) is 1. The van der Waals surface area contributed by atoms with E-state index in [1.807, 2.05) is 0 Å². The summed E-state index contributed by atoms with van der Waals surface area (Å²) < 4.78 is 6.26. The third kappa shape index (κ3) is 3.14. The SMILES string of the molecule is CN(C1CCCCC1CN)C1CC(C)(C)OC1(C)C. The van der Waals surface area contributed by atoms with Crippen molar-refractivity contribution < 1.29 is 4.74 Å². The van der Waals surface area contributed by atoms with Gasteiger partial charge in [-0.15, -0.1) is 0 Å². The van der Waals surface area contributed by atoms with Crippen LogP contribution >= 0.6 is 0 Å². The molecule has 3 atom stereocenters. The summed E-state index contributed by atoms with van der Waals surface area (Å²) in [5, 5.41) is 0. The van der Waals surface area contributed by atoms with E-state index in [2.05, 4.69) is 39.6 Å². The molecule has 19 heavy (non-hydrogen) atoms. The zero-order valence-corrected chi connectivity index (χ0v) is 13.4. The second kappa shape index (κ2) is 5.34. The third-order valence-corrected chi connectivity index (χ3v) is 5.21. The molecule has 1 saturated carbocycles. The van der Waals surface area contributed by atoms with Gasteiger partial charge < -0.3 is 10.5 Å². The van der Waals surface area contributed by atoms with Crippen LogP contribution in [0, 0.1) is 5.92 Å². The van der Waals surface area contributed by atoms with Crippen molar-refractivity contribution >= 4 is 0 Å². The Bertz CT molecular complexity index is 314. The minimum Gasteiger partial charge on any atom is -0.368 e. The third-order valence-electron chi connectivity index (χ3n) is 5.21. The highest BCUT2D eigenvalue weighted by Gasteiger charge is 2.49. The van der Waals surface area contributed by atoms with Gasteiger partial charge in [0.2, 0.25) is 0 Å². The normalized spacial score (nSPS) is 37.7. The van der Waals surface area contributed by atoms with Crippen molar-refractivity contribution in [1.29, 1.82) is 0 Å². The number of hydrogen-bond donors (Lipinski definition) is 1. The fraction of sp³-hybridized carbons (Fsp3) is 1.00. The van der Waals surface area contributed by atoms with E-state index < -0.39 is 0 Å². The van der Waals surface area contributed by atoms with E-state index in [9.17, 15) is 0 Å². The van der Waals surface area contributed by atoms with Gasteiger partial charge in [0.15, 0.2) is 0 Å². The molecule has 1 aliphatic heterocycles. The summed E-state index contributed by atoms with van der Waals surface area (Å²) in [5.74, 6) is 0.665. The largest absolute Gasteiger partial charge is 0.368 e. The van der Waals surface area contributed by atoms with Gasteiger partial charge in [0.1, 0.15) is 0 Å². The Labute approximate surface area is 118 Å². The second-order valence-electron chi connectivity index (χ2n) is 7.70. The van der Waals surface area contributed by atoms with Crippen LogP contribution in [0.5, 0.6) is 0 Å². The molecule has 0 radical (unpaired) electrons. The van der Waals surface area contributed by atoms with Crippen LogP contribution in [0.15, 0.2) is 0 Å². The lowest BCUT2D eigenvalue weighted by molar-refractivity contribution is -0.0846. The standard InChI is InChI=1S/C16H32N2O/c1-15(2)10-14(16(3,4)19-15)18(5)13-9-7-6-8-12(13)11-17/h12-14H,6-11,17H2,1-5H3. The maximum Gasteiger partial charge on any atom is 0.0789 e. The summed E-state index contributed by atoms with van der Waals surface area (Å²) in [6.07, 6.45) is 6.41. The maximum absolute atomic E-state index is 6.26. The molecule has 3 nitrogen and oxygen atoms in total. The van der Waals surface area contributed by atoms with E-state index >= 15 is 0 Å². The Balaban J connectivity index is 2.12. The molecule has 1 heterocycles. The molecule has 0 aromatic carbocycles. The minimum atomic E-state index is -0.0607. The Hall–Kier alpha value is -0.120. The molecule has 2 aliphatic rings. The Morgan fingerprint density at radius 2 is 1.79 bits per heavy atom. The molecule has 112 valence electrons. The van der Waals surface area contributed by atoms with Crippen LogP contribution in [-0.2, 0) is 4.74 Å². The van der Waals surface area contributed by atoms with E-state index in [4.69, 9.17) is 10.5 Å². The highest BCUT2D eigenvalue weighted by Crippen LogP contribution is 2.42. The molecule has 3 unspecified atom stereocenters. The first-order valence-corrected chi connectivity index (χ1v) is 7.89. The van der Waals surface area contributed by atoms with Gasteiger partial charge in [-0.05, 0) is 66.5 Å². The van der Waals surface area contributed by atoms with Crippen LogP contribution in [0.3, 0.4) is 0 Å².